The SMILES string of the molecule is COC(=O)PC(=O)ON. The quantitative estimate of drug-likeness (QED) is 0.457. The van der Waals surface area contributed by atoms with Crippen molar-refractivity contribution in [1.82, 2.24) is 0 Å². The van der Waals surface area contributed by atoms with Crippen LogP contribution in [-0.2, 0) is 9.57 Å². The molecule has 5 nitrogen and oxygen atoms in total. The molecule has 0 rings (SSSR count). The highest BCUT2D eigenvalue weighted by Crippen LogP contribution is 2.14. The molecular weight excluding hydrogens is 145 g/mol. The summed E-state index contributed by atoms with van der Waals surface area (Å²) in [5.41, 5.74) is -1.41. The molecule has 0 bridgehead atoms. The van der Waals surface area contributed by atoms with Crippen molar-refractivity contribution in [3.63, 3.8) is 0 Å². The fraction of sp³-hybridized carbons (Fsp3) is 0.333. The number of carbonyl (C=O) groups is 2. The van der Waals surface area contributed by atoms with Crippen LogP contribution in [0.1, 0.15) is 0 Å². The largest absolute Gasteiger partial charge is 0.466 e. The predicted octanol–water partition coefficient (Wildman–Crippen LogP) is 0.442. The summed E-state index contributed by atoms with van der Waals surface area (Å²) in [6.45, 7) is 0. The molecule has 0 amide bonds. The van der Waals surface area contributed by atoms with Crippen LogP contribution >= 0.6 is 8.58 Å². The Labute approximate surface area is 53.2 Å². The van der Waals surface area contributed by atoms with Gasteiger partial charge >= 0.3 is 11.4 Å². The van der Waals surface area contributed by atoms with Crippen LogP contribution in [0, 0.1) is 0 Å². The Kier molecular flexibility index (Phi) is 3.92. The number of nitrogens with two attached hydrogens (primary N) is 1. The van der Waals surface area contributed by atoms with Crippen molar-refractivity contribution in [2.45, 2.75) is 0 Å². The molecule has 9 heavy (non-hydrogen) atoms. The highest BCUT2D eigenvalue weighted by Gasteiger charge is 2.08. The summed E-state index contributed by atoms with van der Waals surface area (Å²) in [7, 11) is 0.512. The highest BCUT2D eigenvalue weighted by molar-refractivity contribution is 7.72. The Bertz CT molecular complexity index is 111. The maximum absolute atomic E-state index is 10.2. The van der Waals surface area contributed by atoms with Crippen LogP contribution in [-0.4, -0.2) is 18.5 Å². The zero-order chi connectivity index (χ0) is 7.28. The van der Waals surface area contributed by atoms with E-state index >= 15 is 0 Å². The summed E-state index contributed by atoms with van der Waals surface area (Å²) in [6.07, 6.45) is 0. The number of hydrogen-bond acceptors (Lipinski definition) is 5. The summed E-state index contributed by atoms with van der Waals surface area (Å²) in [4.78, 5) is 24.1. The molecule has 52 valence electrons. The third-order valence-corrected chi connectivity index (χ3v) is 1.23. The molecule has 0 radical (unpaired) electrons. The Morgan fingerprint density at radius 3 is 2.33 bits per heavy atom. The van der Waals surface area contributed by atoms with Gasteiger partial charge < -0.3 is 9.57 Å². The number of rotatable bonds is 2. The molecule has 0 saturated heterocycles. The third-order valence-electron chi connectivity index (χ3n) is 0.497. The first kappa shape index (κ1) is 8.33. The van der Waals surface area contributed by atoms with E-state index in [-0.39, 0.29) is 0 Å². The van der Waals surface area contributed by atoms with Crippen LogP contribution in [0.2, 0.25) is 0 Å². The molecule has 0 spiro atoms. The number of methoxy groups -OCH3 is 1. The van der Waals surface area contributed by atoms with E-state index < -0.39 is 20.0 Å². The number of ether oxygens (including phenoxy) is 1. The average molecular weight is 151 g/mol. The van der Waals surface area contributed by atoms with Crippen LogP contribution in [0.25, 0.3) is 0 Å². The van der Waals surface area contributed by atoms with Crippen molar-refractivity contribution in [2.75, 3.05) is 7.11 Å². The Morgan fingerprint density at radius 2 is 2.00 bits per heavy atom. The molecule has 0 aliphatic heterocycles. The van der Waals surface area contributed by atoms with E-state index in [0.29, 0.717) is 0 Å². The van der Waals surface area contributed by atoms with Gasteiger partial charge in [0.05, 0.1) is 7.11 Å². The second-order valence-electron chi connectivity index (χ2n) is 1.02. The molecule has 6 heteroatoms. The van der Waals surface area contributed by atoms with Gasteiger partial charge in [0.1, 0.15) is 8.58 Å². The number of hydrogen-bond donors (Lipinski definition) is 1. The highest BCUT2D eigenvalue weighted by atomic mass is 31.1. The van der Waals surface area contributed by atoms with Crippen molar-refractivity contribution in [3.05, 3.63) is 0 Å². The fourth-order valence-corrected chi connectivity index (χ4v) is 0.491. The summed E-state index contributed by atoms with van der Waals surface area (Å²) >= 11 is 0. The second kappa shape index (κ2) is 4.23. The molecule has 0 aromatic carbocycles. The molecule has 0 aromatic rings. The molecule has 0 fully saturated rings. The standard InChI is InChI=1S/C3H6NO4P/c1-7-2(5)9-3(6)8-4/h9H,4H2,1H3. The summed E-state index contributed by atoms with van der Waals surface area (Å²) in [5.74, 6) is 4.42. The van der Waals surface area contributed by atoms with Crippen molar-refractivity contribution in [3.8, 4) is 0 Å². The van der Waals surface area contributed by atoms with Crippen molar-refractivity contribution >= 4 is 20.0 Å². The molecular formula is C3H6NO4P. The molecule has 1 atom stereocenters. The Balaban J connectivity index is 3.47. The first-order valence-corrected chi connectivity index (χ1v) is 2.96. The summed E-state index contributed by atoms with van der Waals surface area (Å²) < 4.78 is 4.14. The maximum Gasteiger partial charge on any atom is 0.352 e. The lowest BCUT2D eigenvalue weighted by Crippen LogP contribution is -2.04. The Morgan fingerprint density at radius 1 is 1.44 bits per heavy atom. The van der Waals surface area contributed by atoms with Crippen molar-refractivity contribution in [1.29, 1.82) is 0 Å². The zero-order valence-electron chi connectivity index (χ0n) is 4.71. The van der Waals surface area contributed by atoms with Gasteiger partial charge in [-0.05, 0) is 0 Å². The van der Waals surface area contributed by atoms with Gasteiger partial charge in [0, 0.05) is 0 Å². The number of carbonyl (C=O) groups excluding carboxylic acids is 2. The lowest BCUT2D eigenvalue weighted by atomic mass is 11.5. The first-order valence-electron chi connectivity index (χ1n) is 1.96. The summed E-state index contributed by atoms with van der Waals surface area (Å²) in [6, 6.07) is 0. The molecule has 0 aromatic heterocycles. The van der Waals surface area contributed by atoms with E-state index in [1.165, 1.54) is 7.11 Å². The normalized spacial score (nSPS) is 9.56. The van der Waals surface area contributed by atoms with E-state index in [1.807, 2.05) is 0 Å². The molecule has 0 aliphatic rings. The minimum atomic E-state index is -0.776. The van der Waals surface area contributed by atoms with Gasteiger partial charge in [-0.1, -0.05) is 0 Å². The minimum Gasteiger partial charge on any atom is -0.466 e. The smallest absolute Gasteiger partial charge is 0.352 e. The van der Waals surface area contributed by atoms with Crippen LogP contribution < -0.4 is 5.90 Å². The fourth-order valence-electron chi connectivity index (χ4n) is 0.164. The van der Waals surface area contributed by atoms with E-state index in [4.69, 9.17) is 0 Å². The van der Waals surface area contributed by atoms with E-state index in [1.54, 1.807) is 0 Å². The van der Waals surface area contributed by atoms with E-state index in [2.05, 4.69) is 15.5 Å². The maximum atomic E-state index is 10.2. The Hall–Kier alpha value is -0.670. The van der Waals surface area contributed by atoms with Crippen molar-refractivity contribution < 1.29 is 19.2 Å². The van der Waals surface area contributed by atoms with Gasteiger partial charge in [0.2, 0.25) is 0 Å². The van der Waals surface area contributed by atoms with Gasteiger partial charge in [-0.15, -0.1) is 0 Å². The second-order valence-corrected chi connectivity index (χ2v) is 2.09. The predicted molar refractivity (Wildman–Crippen MR) is 31.4 cm³/mol. The van der Waals surface area contributed by atoms with Crippen LogP contribution in [0.5, 0.6) is 0 Å². The minimum absolute atomic E-state index is 0.634. The van der Waals surface area contributed by atoms with E-state index in [0.717, 1.165) is 0 Å². The third kappa shape index (κ3) is 3.88. The molecule has 0 heterocycles. The van der Waals surface area contributed by atoms with Crippen LogP contribution in [0.15, 0.2) is 0 Å². The van der Waals surface area contributed by atoms with Crippen molar-refractivity contribution in [2.24, 2.45) is 5.90 Å². The van der Waals surface area contributed by atoms with Crippen LogP contribution in [0.4, 0.5) is 9.59 Å². The topological polar surface area (TPSA) is 78.6 Å². The monoisotopic (exact) mass is 151 g/mol. The lowest BCUT2D eigenvalue weighted by molar-refractivity contribution is 0.175. The average Bonchev–Trinajstić information content (AvgIpc) is 1.87. The van der Waals surface area contributed by atoms with Gasteiger partial charge in [0.15, 0.2) is 0 Å². The van der Waals surface area contributed by atoms with Gasteiger partial charge in [-0.25, -0.2) is 9.59 Å². The zero-order valence-corrected chi connectivity index (χ0v) is 5.71. The molecule has 0 saturated carbocycles. The van der Waals surface area contributed by atoms with E-state index in [9.17, 15) is 9.59 Å². The van der Waals surface area contributed by atoms with Gasteiger partial charge in [-0.3, -0.25) is 0 Å². The molecule has 1 unspecified atom stereocenters. The first-order chi connectivity index (χ1) is 4.20. The molecule has 0 aliphatic carbocycles. The summed E-state index contributed by atoms with van der Waals surface area (Å²) in [5, 5.41) is 0. The lowest BCUT2D eigenvalue weighted by Gasteiger charge is -1.94. The van der Waals surface area contributed by atoms with Crippen LogP contribution in [0.3, 0.4) is 0 Å². The molecule has 2 N–H and O–H groups in total. The van der Waals surface area contributed by atoms with Gasteiger partial charge in [0.25, 0.3) is 0 Å². The van der Waals surface area contributed by atoms with Gasteiger partial charge in [-0.2, -0.15) is 5.90 Å².